The summed E-state index contributed by atoms with van der Waals surface area (Å²) < 4.78 is 13.1. The number of rotatable bonds is 3. The van der Waals surface area contributed by atoms with Crippen molar-refractivity contribution in [3.8, 4) is 0 Å². The van der Waals surface area contributed by atoms with Crippen molar-refractivity contribution in [3.05, 3.63) is 35.6 Å². The molecule has 2 rings (SSSR count). The molecule has 22 heavy (non-hydrogen) atoms. The van der Waals surface area contributed by atoms with Gasteiger partial charge in [-0.2, -0.15) is 0 Å². The van der Waals surface area contributed by atoms with Gasteiger partial charge < -0.3 is 15.1 Å². The maximum atomic E-state index is 13.1. The highest BCUT2D eigenvalue weighted by Gasteiger charge is 2.60. The Morgan fingerprint density at radius 2 is 1.91 bits per heavy atom. The molecule has 1 aliphatic heterocycles. The van der Waals surface area contributed by atoms with Crippen LogP contribution >= 0.6 is 0 Å². The van der Waals surface area contributed by atoms with E-state index in [1.165, 1.54) is 31.3 Å². The minimum Gasteiger partial charge on any atom is -0.480 e. The Labute approximate surface area is 128 Å². The van der Waals surface area contributed by atoms with Gasteiger partial charge in [0.2, 0.25) is 5.91 Å². The van der Waals surface area contributed by atoms with Crippen molar-refractivity contribution in [2.75, 3.05) is 7.05 Å². The molecule has 2 N–H and O–H groups in total. The molecule has 120 valence electrons. The van der Waals surface area contributed by atoms with Crippen LogP contribution in [0, 0.1) is 17.2 Å². The molecule has 1 amide bonds. The average molecular weight is 309 g/mol. The van der Waals surface area contributed by atoms with Crippen LogP contribution in [-0.4, -0.2) is 40.3 Å². The van der Waals surface area contributed by atoms with Crippen LogP contribution in [0.1, 0.15) is 31.7 Å². The van der Waals surface area contributed by atoms with Crippen LogP contribution in [0.2, 0.25) is 0 Å². The monoisotopic (exact) mass is 309 g/mol. The quantitative estimate of drug-likeness (QED) is 0.835. The SMILES string of the molecule is CC(C)C1(C(=O)O)C(=O)N(C)C(O)CC1c1ccc(F)cc1. The first-order valence-corrected chi connectivity index (χ1v) is 7.17. The minimum absolute atomic E-state index is 0.0956. The number of carbonyl (C=O) groups is 2. The van der Waals surface area contributed by atoms with Gasteiger partial charge in [0, 0.05) is 19.4 Å². The van der Waals surface area contributed by atoms with E-state index in [1.807, 2.05) is 0 Å². The fourth-order valence-corrected chi connectivity index (χ4v) is 3.36. The van der Waals surface area contributed by atoms with Crippen LogP contribution in [0.4, 0.5) is 4.39 Å². The Bertz CT molecular complexity index is 586. The van der Waals surface area contributed by atoms with Gasteiger partial charge in [-0.3, -0.25) is 9.59 Å². The number of aliphatic hydroxyl groups excluding tert-OH is 1. The first-order chi connectivity index (χ1) is 10.2. The summed E-state index contributed by atoms with van der Waals surface area (Å²) in [7, 11) is 1.40. The van der Waals surface area contributed by atoms with E-state index in [1.54, 1.807) is 13.8 Å². The molecule has 0 bridgehead atoms. The van der Waals surface area contributed by atoms with E-state index in [0.29, 0.717) is 5.56 Å². The number of likely N-dealkylation sites (tertiary alicyclic amines) is 1. The highest BCUT2D eigenvalue weighted by atomic mass is 19.1. The molecule has 1 aliphatic rings. The van der Waals surface area contributed by atoms with Crippen molar-refractivity contribution in [2.24, 2.45) is 11.3 Å². The number of hydrogen-bond acceptors (Lipinski definition) is 3. The highest BCUT2D eigenvalue weighted by molar-refractivity contribution is 6.04. The van der Waals surface area contributed by atoms with Gasteiger partial charge in [0.25, 0.3) is 0 Å². The van der Waals surface area contributed by atoms with E-state index in [4.69, 9.17) is 0 Å². The predicted molar refractivity (Wildman–Crippen MR) is 77.4 cm³/mol. The van der Waals surface area contributed by atoms with E-state index in [0.717, 1.165) is 4.90 Å². The molecule has 5 nitrogen and oxygen atoms in total. The normalized spacial score (nSPS) is 29.0. The number of hydrogen-bond donors (Lipinski definition) is 2. The summed E-state index contributed by atoms with van der Waals surface area (Å²) in [5, 5.41) is 19.9. The van der Waals surface area contributed by atoms with Crippen LogP contribution in [0.15, 0.2) is 24.3 Å². The lowest BCUT2D eigenvalue weighted by molar-refractivity contribution is -0.180. The molecule has 1 heterocycles. The molecule has 1 fully saturated rings. The Morgan fingerprint density at radius 1 is 1.36 bits per heavy atom. The topological polar surface area (TPSA) is 77.8 Å². The molecule has 6 heteroatoms. The summed E-state index contributed by atoms with van der Waals surface area (Å²) in [5.74, 6) is -3.48. The third-order valence-electron chi connectivity index (χ3n) is 4.65. The molecule has 0 aliphatic carbocycles. The molecule has 0 radical (unpaired) electrons. The van der Waals surface area contributed by atoms with E-state index < -0.39 is 41.2 Å². The fourth-order valence-electron chi connectivity index (χ4n) is 3.36. The van der Waals surface area contributed by atoms with Gasteiger partial charge in [0.05, 0.1) is 0 Å². The molecule has 0 spiro atoms. The summed E-state index contributed by atoms with van der Waals surface area (Å²) in [6.45, 7) is 3.35. The summed E-state index contributed by atoms with van der Waals surface area (Å²) in [5.41, 5.74) is -1.13. The lowest BCUT2D eigenvalue weighted by Gasteiger charge is -2.47. The Morgan fingerprint density at radius 3 is 2.36 bits per heavy atom. The molecule has 0 aromatic heterocycles. The molecule has 0 saturated carbocycles. The lowest BCUT2D eigenvalue weighted by Crippen LogP contribution is -2.61. The van der Waals surface area contributed by atoms with Crippen molar-refractivity contribution in [3.63, 3.8) is 0 Å². The second-order valence-electron chi connectivity index (χ2n) is 6.07. The van der Waals surface area contributed by atoms with Gasteiger partial charge in [-0.25, -0.2) is 4.39 Å². The van der Waals surface area contributed by atoms with Crippen molar-refractivity contribution < 1.29 is 24.2 Å². The molecule has 1 aromatic carbocycles. The average Bonchev–Trinajstić information content (AvgIpc) is 2.44. The molecule has 3 unspecified atom stereocenters. The number of carbonyl (C=O) groups excluding carboxylic acids is 1. The second kappa shape index (κ2) is 5.68. The third kappa shape index (κ3) is 2.27. The zero-order valence-corrected chi connectivity index (χ0v) is 12.8. The number of piperidine rings is 1. The number of carboxylic acids is 1. The van der Waals surface area contributed by atoms with Gasteiger partial charge in [-0.1, -0.05) is 26.0 Å². The summed E-state index contributed by atoms with van der Waals surface area (Å²) in [6, 6.07) is 5.42. The first-order valence-electron chi connectivity index (χ1n) is 7.17. The van der Waals surface area contributed by atoms with Gasteiger partial charge in [0.15, 0.2) is 5.41 Å². The number of amides is 1. The lowest BCUT2D eigenvalue weighted by atomic mass is 9.61. The highest BCUT2D eigenvalue weighted by Crippen LogP contribution is 2.49. The maximum Gasteiger partial charge on any atom is 0.320 e. The standard InChI is InChI=1S/C16H20FNO4/c1-9(2)16(15(21)22)12(8-13(19)18(3)14(16)20)10-4-6-11(17)7-5-10/h4-7,9,12-13,19H,8H2,1-3H3,(H,21,22). The Hall–Kier alpha value is -1.95. The summed E-state index contributed by atoms with van der Waals surface area (Å²) >= 11 is 0. The van der Waals surface area contributed by atoms with Crippen molar-refractivity contribution >= 4 is 11.9 Å². The van der Waals surface area contributed by atoms with Crippen LogP contribution < -0.4 is 0 Å². The van der Waals surface area contributed by atoms with E-state index in [-0.39, 0.29) is 6.42 Å². The number of benzene rings is 1. The Kier molecular flexibility index (Phi) is 4.24. The smallest absolute Gasteiger partial charge is 0.320 e. The fraction of sp³-hybridized carbons (Fsp3) is 0.500. The third-order valence-corrected chi connectivity index (χ3v) is 4.65. The first kappa shape index (κ1) is 16.4. The summed E-state index contributed by atoms with van der Waals surface area (Å²) in [4.78, 5) is 25.8. The number of nitrogens with zero attached hydrogens (tertiary/aromatic N) is 1. The second-order valence-corrected chi connectivity index (χ2v) is 6.07. The van der Waals surface area contributed by atoms with E-state index in [9.17, 15) is 24.2 Å². The number of carboxylic acid groups (broad SMARTS) is 1. The van der Waals surface area contributed by atoms with E-state index in [2.05, 4.69) is 0 Å². The van der Waals surface area contributed by atoms with Crippen LogP contribution in [0.5, 0.6) is 0 Å². The molecular formula is C16H20FNO4. The van der Waals surface area contributed by atoms with Gasteiger partial charge in [-0.05, 0) is 23.6 Å². The Balaban J connectivity index is 2.63. The van der Waals surface area contributed by atoms with Gasteiger partial charge in [-0.15, -0.1) is 0 Å². The number of aliphatic hydroxyl groups is 1. The van der Waals surface area contributed by atoms with Crippen molar-refractivity contribution in [2.45, 2.75) is 32.4 Å². The molecule has 1 saturated heterocycles. The van der Waals surface area contributed by atoms with Crippen LogP contribution in [0.25, 0.3) is 0 Å². The predicted octanol–water partition coefficient (Wildman–Crippen LogP) is 1.82. The largest absolute Gasteiger partial charge is 0.480 e. The molecular weight excluding hydrogens is 289 g/mol. The zero-order valence-electron chi connectivity index (χ0n) is 12.8. The summed E-state index contributed by atoms with van der Waals surface area (Å²) in [6.07, 6.45) is -0.966. The van der Waals surface area contributed by atoms with Gasteiger partial charge >= 0.3 is 5.97 Å². The van der Waals surface area contributed by atoms with Crippen molar-refractivity contribution in [1.82, 2.24) is 4.90 Å². The minimum atomic E-state index is -1.67. The zero-order chi connectivity index (χ0) is 16.7. The maximum absolute atomic E-state index is 13.1. The molecule has 1 aromatic rings. The van der Waals surface area contributed by atoms with E-state index >= 15 is 0 Å². The van der Waals surface area contributed by atoms with Crippen LogP contribution in [-0.2, 0) is 9.59 Å². The van der Waals surface area contributed by atoms with Crippen molar-refractivity contribution in [1.29, 1.82) is 0 Å². The number of halogens is 1. The number of aliphatic carboxylic acids is 1. The molecule has 3 atom stereocenters. The van der Waals surface area contributed by atoms with Gasteiger partial charge in [0.1, 0.15) is 12.0 Å². The van der Waals surface area contributed by atoms with Crippen LogP contribution in [0.3, 0.4) is 0 Å².